The first-order chi connectivity index (χ1) is 30.7. The highest BCUT2D eigenvalue weighted by atomic mass is 15.0. The molecule has 0 unspecified atom stereocenters. The van der Waals surface area contributed by atoms with E-state index in [0.717, 1.165) is 11.4 Å². The van der Waals surface area contributed by atoms with Gasteiger partial charge in [0.2, 0.25) is 0 Å². The van der Waals surface area contributed by atoms with E-state index in [0.29, 0.717) is 0 Å². The second-order valence-electron chi connectivity index (χ2n) is 16.2. The highest BCUT2D eigenvalue weighted by molar-refractivity contribution is 6.13. The number of aromatic nitrogens is 2. The molecule has 0 bridgehead atoms. The SMILES string of the molecule is c1ccc(-c2ccc(-n3c4ccccc4c4cc(-c5ccc6c(c5)c5ccc(-c7cccc(-c8ccccc8)c7)cc5n6-c5cccc(-c6ccccc6)c5)ccc43)cc2)cc1. The third-order valence-corrected chi connectivity index (χ3v) is 12.5. The molecule has 12 rings (SSSR count). The fourth-order valence-electron chi connectivity index (χ4n) is 9.49. The molecule has 0 radical (unpaired) electrons. The molecule has 2 heterocycles. The average Bonchev–Trinajstić information content (AvgIpc) is 3.86. The quantitative estimate of drug-likeness (QED) is 0.152. The molecule has 0 aliphatic rings. The first kappa shape index (κ1) is 35.7. The minimum atomic E-state index is 1.14. The van der Waals surface area contributed by atoms with Crippen molar-refractivity contribution in [3.8, 4) is 67.0 Å². The Bertz CT molecular complexity index is 3600. The van der Waals surface area contributed by atoms with Gasteiger partial charge < -0.3 is 9.13 Å². The van der Waals surface area contributed by atoms with Gasteiger partial charge in [0.05, 0.1) is 22.1 Å². The number of rotatable bonds is 7. The Morgan fingerprint density at radius 3 is 1.19 bits per heavy atom. The minimum absolute atomic E-state index is 1.14. The standard InChI is InChI=1S/C60H40N2/c1-4-14-41(15-5-1)44-26-31-51(32-27-44)61-57-25-11-10-24-53(57)55-38-48(29-34-58(55)61)49-30-35-59-56(39-49)54-33-28-50(46-21-12-20-45(36-46)42-16-6-2-7-17-42)40-60(54)62(59)52-23-13-22-47(37-52)43-18-8-3-9-19-43/h1-40H. The van der Waals surface area contributed by atoms with Gasteiger partial charge in [0, 0.05) is 32.9 Å². The van der Waals surface area contributed by atoms with Gasteiger partial charge in [-0.15, -0.1) is 0 Å². The monoisotopic (exact) mass is 788 g/mol. The zero-order chi connectivity index (χ0) is 41.0. The molecule has 0 saturated carbocycles. The molecule has 62 heavy (non-hydrogen) atoms. The lowest BCUT2D eigenvalue weighted by Crippen LogP contribution is -1.95. The predicted molar refractivity (Wildman–Crippen MR) is 262 cm³/mol. The van der Waals surface area contributed by atoms with Crippen molar-refractivity contribution in [3.05, 3.63) is 243 Å². The molecule has 2 nitrogen and oxygen atoms in total. The summed E-state index contributed by atoms with van der Waals surface area (Å²) in [6.45, 7) is 0. The molecular weight excluding hydrogens is 749 g/mol. The van der Waals surface area contributed by atoms with E-state index >= 15 is 0 Å². The van der Waals surface area contributed by atoms with Crippen LogP contribution in [0.2, 0.25) is 0 Å². The van der Waals surface area contributed by atoms with Crippen molar-refractivity contribution in [3.63, 3.8) is 0 Å². The lowest BCUT2D eigenvalue weighted by atomic mass is 9.97. The second-order valence-corrected chi connectivity index (χ2v) is 16.2. The van der Waals surface area contributed by atoms with Crippen LogP contribution in [0.5, 0.6) is 0 Å². The Morgan fingerprint density at radius 2 is 0.565 bits per heavy atom. The van der Waals surface area contributed by atoms with Gasteiger partial charge in [-0.25, -0.2) is 0 Å². The van der Waals surface area contributed by atoms with Crippen LogP contribution in [-0.4, -0.2) is 9.13 Å². The molecule has 0 saturated heterocycles. The molecular formula is C60H40N2. The summed E-state index contributed by atoms with van der Waals surface area (Å²) < 4.78 is 4.85. The molecule has 0 amide bonds. The summed E-state index contributed by atoms with van der Waals surface area (Å²) in [6, 6.07) is 88.4. The summed E-state index contributed by atoms with van der Waals surface area (Å²) in [5, 5.41) is 4.95. The Morgan fingerprint density at radius 1 is 0.177 bits per heavy atom. The van der Waals surface area contributed by atoms with Crippen LogP contribution in [0.25, 0.3) is 111 Å². The smallest absolute Gasteiger partial charge is 0.0547 e. The molecule has 2 heteroatoms. The van der Waals surface area contributed by atoms with Gasteiger partial charge in [0.25, 0.3) is 0 Å². The van der Waals surface area contributed by atoms with Crippen molar-refractivity contribution in [1.29, 1.82) is 0 Å². The van der Waals surface area contributed by atoms with E-state index in [1.807, 2.05) is 0 Å². The molecule has 0 aliphatic heterocycles. The van der Waals surface area contributed by atoms with Crippen LogP contribution in [0.1, 0.15) is 0 Å². The summed E-state index contributed by atoms with van der Waals surface area (Å²) in [5.41, 5.74) is 19.1. The Kier molecular flexibility index (Phi) is 8.53. The lowest BCUT2D eigenvalue weighted by Gasteiger charge is -2.12. The summed E-state index contributed by atoms with van der Waals surface area (Å²) in [5.74, 6) is 0. The van der Waals surface area contributed by atoms with Crippen molar-refractivity contribution in [2.45, 2.75) is 0 Å². The first-order valence-corrected chi connectivity index (χ1v) is 21.3. The van der Waals surface area contributed by atoms with Gasteiger partial charge in [-0.05, 0) is 122 Å². The Labute approximate surface area is 360 Å². The zero-order valence-electron chi connectivity index (χ0n) is 34.0. The topological polar surface area (TPSA) is 9.86 Å². The van der Waals surface area contributed by atoms with Crippen LogP contribution < -0.4 is 0 Å². The fraction of sp³-hybridized carbons (Fsp3) is 0. The summed E-state index contributed by atoms with van der Waals surface area (Å²) in [4.78, 5) is 0. The number of para-hydroxylation sites is 1. The van der Waals surface area contributed by atoms with Gasteiger partial charge in [-0.3, -0.25) is 0 Å². The van der Waals surface area contributed by atoms with Crippen molar-refractivity contribution in [2.75, 3.05) is 0 Å². The van der Waals surface area contributed by atoms with Crippen molar-refractivity contribution < 1.29 is 0 Å². The molecule has 0 spiro atoms. The number of benzene rings is 10. The molecule has 2 aromatic heterocycles. The first-order valence-electron chi connectivity index (χ1n) is 21.3. The molecule has 0 fully saturated rings. The summed E-state index contributed by atoms with van der Waals surface area (Å²) in [6.07, 6.45) is 0. The van der Waals surface area contributed by atoms with Crippen molar-refractivity contribution >= 4 is 43.6 Å². The maximum absolute atomic E-state index is 2.45. The average molecular weight is 789 g/mol. The van der Waals surface area contributed by atoms with E-state index in [4.69, 9.17) is 0 Å². The molecule has 0 aliphatic carbocycles. The highest BCUT2D eigenvalue weighted by Crippen LogP contribution is 2.40. The van der Waals surface area contributed by atoms with Crippen LogP contribution >= 0.6 is 0 Å². The maximum atomic E-state index is 2.45. The van der Waals surface area contributed by atoms with Crippen LogP contribution in [0, 0.1) is 0 Å². The highest BCUT2D eigenvalue weighted by Gasteiger charge is 2.18. The third-order valence-electron chi connectivity index (χ3n) is 12.5. The molecule has 0 atom stereocenters. The van der Waals surface area contributed by atoms with E-state index in [1.54, 1.807) is 0 Å². The number of nitrogens with zero attached hydrogens (tertiary/aromatic N) is 2. The molecule has 10 aromatic carbocycles. The normalized spacial score (nSPS) is 11.5. The van der Waals surface area contributed by atoms with Crippen LogP contribution in [0.15, 0.2) is 243 Å². The summed E-state index contributed by atoms with van der Waals surface area (Å²) >= 11 is 0. The van der Waals surface area contributed by atoms with Gasteiger partial charge in [-0.2, -0.15) is 0 Å². The molecule has 290 valence electrons. The lowest BCUT2D eigenvalue weighted by molar-refractivity contribution is 1.18. The fourth-order valence-corrected chi connectivity index (χ4v) is 9.49. The number of hydrogen-bond donors (Lipinski definition) is 0. The Hall–Kier alpha value is -8.20. The van der Waals surface area contributed by atoms with Gasteiger partial charge >= 0.3 is 0 Å². The third kappa shape index (κ3) is 6.12. The van der Waals surface area contributed by atoms with E-state index < -0.39 is 0 Å². The predicted octanol–water partition coefficient (Wildman–Crippen LogP) is 16.2. The maximum Gasteiger partial charge on any atom is 0.0547 e. The van der Waals surface area contributed by atoms with Gasteiger partial charge in [0.15, 0.2) is 0 Å². The van der Waals surface area contributed by atoms with Crippen LogP contribution in [0.3, 0.4) is 0 Å². The molecule has 12 aromatic rings. The van der Waals surface area contributed by atoms with Crippen molar-refractivity contribution in [2.24, 2.45) is 0 Å². The van der Waals surface area contributed by atoms with Crippen molar-refractivity contribution in [1.82, 2.24) is 9.13 Å². The van der Waals surface area contributed by atoms with Gasteiger partial charge in [0.1, 0.15) is 0 Å². The van der Waals surface area contributed by atoms with E-state index in [1.165, 1.54) is 99.2 Å². The Balaban J connectivity index is 1.01. The minimum Gasteiger partial charge on any atom is -0.309 e. The number of fused-ring (bicyclic) bond motifs is 6. The van der Waals surface area contributed by atoms with Crippen LogP contribution in [-0.2, 0) is 0 Å². The number of hydrogen-bond acceptors (Lipinski definition) is 0. The van der Waals surface area contributed by atoms with Gasteiger partial charge in [-0.1, -0.05) is 176 Å². The zero-order valence-corrected chi connectivity index (χ0v) is 34.0. The van der Waals surface area contributed by atoms with E-state index in [9.17, 15) is 0 Å². The largest absolute Gasteiger partial charge is 0.309 e. The molecule has 0 N–H and O–H groups in total. The van der Waals surface area contributed by atoms with Crippen LogP contribution in [0.4, 0.5) is 0 Å². The summed E-state index contributed by atoms with van der Waals surface area (Å²) in [7, 11) is 0. The second kappa shape index (κ2) is 14.8. The van der Waals surface area contributed by atoms with E-state index in [2.05, 4.69) is 252 Å². The van der Waals surface area contributed by atoms with E-state index in [-0.39, 0.29) is 0 Å².